The van der Waals surface area contributed by atoms with Crippen molar-refractivity contribution in [2.24, 2.45) is 11.8 Å². The summed E-state index contributed by atoms with van der Waals surface area (Å²) < 4.78 is 24.6. The maximum absolute atomic E-state index is 12.5. The van der Waals surface area contributed by atoms with Gasteiger partial charge in [0, 0.05) is 13.2 Å². The second-order valence-electron chi connectivity index (χ2n) is 13.4. The maximum atomic E-state index is 12.5. The summed E-state index contributed by atoms with van der Waals surface area (Å²) in [5.41, 5.74) is 3.48. The van der Waals surface area contributed by atoms with Crippen LogP contribution in [-0.2, 0) is 38.1 Å². The van der Waals surface area contributed by atoms with Gasteiger partial charge in [0.15, 0.2) is 14.9 Å². The van der Waals surface area contributed by atoms with Gasteiger partial charge in [0.2, 0.25) is 0 Å². The van der Waals surface area contributed by atoms with Crippen molar-refractivity contribution >= 4 is 20.4 Å². The SMILES string of the molecule is CCCCC[C@@H](CC[C@H](C)C(CC1CCc2cccc(OCC(=O)OCc3ccccc3)c2C1)O[Si](CC)(CC)CC)OC(=O)NC. The Morgan fingerprint density at radius 2 is 1.68 bits per heavy atom. The Morgan fingerprint density at radius 1 is 0.936 bits per heavy atom. The molecule has 7 nitrogen and oxygen atoms in total. The lowest BCUT2D eigenvalue weighted by Crippen LogP contribution is -2.43. The average Bonchev–Trinajstić information content (AvgIpc) is 3.10. The number of nitrogens with one attached hydrogen (secondary N) is 1. The van der Waals surface area contributed by atoms with Crippen molar-refractivity contribution in [1.29, 1.82) is 0 Å². The zero-order valence-corrected chi connectivity index (χ0v) is 31.0. The topological polar surface area (TPSA) is 83.1 Å². The molecule has 0 saturated carbocycles. The van der Waals surface area contributed by atoms with Crippen LogP contribution in [0.3, 0.4) is 0 Å². The molecule has 8 heteroatoms. The number of hydrogen-bond acceptors (Lipinski definition) is 6. The molecule has 2 aromatic carbocycles. The first-order valence-electron chi connectivity index (χ1n) is 18.2. The van der Waals surface area contributed by atoms with Gasteiger partial charge < -0.3 is 24.0 Å². The molecule has 1 aliphatic rings. The summed E-state index contributed by atoms with van der Waals surface area (Å²) in [7, 11) is -0.230. The Morgan fingerprint density at radius 3 is 2.36 bits per heavy atom. The van der Waals surface area contributed by atoms with Gasteiger partial charge in [-0.15, -0.1) is 0 Å². The number of fused-ring (bicyclic) bond motifs is 1. The van der Waals surface area contributed by atoms with Crippen molar-refractivity contribution in [1.82, 2.24) is 5.32 Å². The van der Waals surface area contributed by atoms with Crippen LogP contribution < -0.4 is 10.1 Å². The molecule has 1 N–H and O–H groups in total. The van der Waals surface area contributed by atoms with E-state index in [-0.39, 0.29) is 37.5 Å². The molecule has 2 unspecified atom stereocenters. The van der Waals surface area contributed by atoms with Gasteiger partial charge in [0.05, 0.1) is 0 Å². The van der Waals surface area contributed by atoms with E-state index in [2.05, 4.69) is 46.0 Å². The van der Waals surface area contributed by atoms with Gasteiger partial charge in [-0.3, -0.25) is 0 Å². The Bertz CT molecular complexity index is 1190. The fraction of sp³-hybridized carbons (Fsp3) is 0.641. The Hall–Kier alpha value is -2.84. The molecule has 0 heterocycles. The molecule has 0 bridgehead atoms. The molecule has 1 aliphatic carbocycles. The van der Waals surface area contributed by atoms with Crippen molar-refractivity contribution in [2.45, 2.75) is 136 Å². The van der Waals surface area contributed by atoms with Crippen LogP contribution in [0.4, 0.5) is 4.79 Å². The number of aryl methyl sites for hydroxylation is 1. The predicted molar refractivity (Wildman–Crippen MR) is 192 cm³/mol. The zero-order chi connectivity index (χ0) is 34.1. The first-order valence-corrected chi connectivity index (χ1v) is 20.8. The van der Waals surface area contributed by atoms with E-state index in [0.29, 0.717) is 11.8 Å². The zero-order valence-electron chi connectivity index (χ0n) is 30.0. The molecule has 4 atom stereocenters. The molecule has 1 amide bonds. The second-order valence-corrected chi connectivity index (χ2v) is 18.1. The maximum Gasteiger partial charge on any atom is 0.407 e. The van der Waals surface area contributed by atoms with Gasteiger partial charge in [-0.2, -0.15) is 0 Å². The van der Waals surface area contributed by atoms with Gasteiger partial charge in [-0.05, 0) is 104 Å². The minimum Gasteiger partial charge on any atom is -0.482 e. The van der Waals surface area contributed by atoms with E-state index < -0.39 is 8.32 Å². The summed E-state index contributed by atoms with van der Waals surface area (Å²) in [6.45, 7) is 11.6. The highest BCUT2D eigenvalue weighted by atomic mass is 28.4. The first-order chi connectivity index (χ1) is 22.8. The van der Waals surface area contributed by atoms with Gasteiger partial charge in [-0.25, -0.2) is 9.59 Å². The number of unbranched alkanes of at least 4 members (excludes halogenated alkanes) is 2. The number of hydrogen-bond donors (Lipinski definition) is 1. The van der Waals surface area contributed by atoms with Crippen LogP contribution >= 0.6 is 0 Å². The third kappa shape index (κ3) is 12.6. The minimum atomic E-state index is -1.85. The third-order valence-electron chi connectivity index (χ3n) is 10.2. The molecule has 0 aromatic heterocycles. The number of benzene rings is 2. The van der Waals surface area contributed by atoms with Crippen molar-refractivity contribution in [3.8, 4) is 5.75 Å². The van der Waals surface area contributed by atoms with Crippen LogP contribution in [0.1, 0.15) is 103 Å². The Kier molecular flexibility index (Phi) is 16.8. The number of carbonyl (C=O) groups is 2. The largest absolute Gasteiger partial charge is 0.482 e. The van der Waals surface area contributed by atoms with E-state index >= 15 is 0 Å². The van der Waals surface area contributed by atoms with Crippen LogP contribution in [0.15, 0.2) is 48.5 Å². The monoisotopic (exact) mass is 667 g/mol. The first kappa shape index (κ1) is 38.6. The molecule has 0 radical (unpaired) electrons. The van der Waals surface area contributed by atoms with E-state index in [1.807, 2.05) is 42.5 Å². The molecule has 3 rings (SSSR count). The average molecular weight is 668 g/mol. The van der Waals surface area contributed by atoms with Crippen LogP contribution in [0, 0.1) is 11.8 Å². The fourth-order valence-electron chi connectivity index (χ4n) is 6.86. The molecule has 2 aromatic rings. The van der Waals surface area contributed by atoms with Gasteiger partial charge in [0.25, 0.3) is 0 Å². The van der Waals surface area contributed by atoms with Crippen LogP contribution in [0.5, 0.6) is 5.75 Å². The molecule has 0 saturated heterocycles. The molecule has 47 heavy (non-hydrogen) atoms. The van der Waals surface area contributed by atoms with Crippen molar-refractivity contribution in [3.63, 3.8) is 0 Å². The number of amides is 1. The molecule has 0 aliphatic heterocycles. The minimum absolute atomic E-state index is 0.0734. The number of rotatable bonds is 21. The summed E-state index contributed by atoms with van der Waals surface area (Å²) in [6, 6.07) is 19.3. The van der Waals surface area contributed by atoms with Crippen LogP contribution in [0.25, 0.3) is 0 Å². The lowest BCUT2D eigenvalue weighted by atomic mass is 9.79. The van der Waals surface area contributed by atoms with Gasteiger partial charge >= 0.3 is 12.1 Å². The van der Waals surface area contributed by atoms with E-state index in [4.69, 9.17) is 18.6 Å². The number of carbonyl (C=O) groups excluding carboxylic acids is 2. The summed E-state index contributed by atoms with van der Waals surface area (Å²) in [4.78, 5) is 24.6. The summed E-state index contributed by atoms with van der Waals surface area (Å²) >= 11 is 0. The highest BCUT2D eigenvalue weighted by Crippen LogP contribution is 2.38. The lowest BCUT2D eigenvalue weighted by molar-refractivity contribution is -0.147. The van der Waals surface area contributed by atoms with E-state index in [9.17, 15) is 9.59 Å². The second kappa shape index (κ2) is 20.5. The summed E-state index contributed by atoms with van der Waals surface area (Å²) in [6.07, 6.45) is 9.84. The molecular weight excluding hydrogens is 607 g/mol. The van der Waals surface area contributed by atoms with Gasteiger partial charge in [-0.1, -0.05) is 89.9 Å². The fourth-order valence-corrected chi connectivity index (χ4v) is 9.83. The highest BCUT2D eigenvalue weighted by Gasteiger charge is 2.36. The number of alkyl carbamates (subject to hydrolysis) is 1. The van der Waals surface area contributed by atoms with Crippen LogP contribution in [0.2, 0.25) is 18.1 Å². The van der Waals surface area contributed by atoms with E-state index in [1.165, 1.54) is 11.1 Å². The van der Waals surface area contributed by atoms with Crippen molar-refractivity contribution < 1.29 is 28.2 Å². The normalized spacial score (nSPS) is 16.4. The van der Waals surface area contributed by atoms with E-state index in [1.54, 1.807) is 7.05 Å². The molecular formula is C39H61NO6Si. The lowest BCUT2D eigenvalue weighted by Gasteiger charge is -2.39. The predicted octanol–water partition coefficient (Wildman–Crippen LogP) is 9.42. The smallest absolute Gasteiger partial charge is 0.407 e. The van der Waals surface area contributed by atoms with E-state index in [0.717, 1.165) is 93.7 Å². The number of ether oxygens (including phenoxy) is 3. The summed E-state index contributed by atoms with van der Waals surface area (Å²) in [5.74, 6) is 1.23. The van der Waals surface area contributed by atoms with Crippen molar-refractivity contribution in [2.75, 3.05) is 13.7 Å². The summed E-state index contributed by atoms with van der Waals surface area (Å²) in [5, 5.41) is 2.63. The molecule has 262 valence electrons. The Labute approximate surface area is 285 Å². The van der Waals surface area contributed by atoms with Crippen molar-refractivity contribution in [3.05, 3.63) is 65.2 Å². The van der Waals surface area contributed by atoms with Gasteiger partial charge in [0.1, 0.15) is 18.5 Å². The standard InChI is InChI=1S/C39H61NO6Si/c1-7-11-13-20-34(45-39(42)40-6)25-22-30(5)37(46-47(8-2,9-3)10-4)27-32-23-24-33-19-16-21-36(35(33)26-32)43-29-38(41)44-28-31-17-14-12-15-18-31/h12,14-19,21,30,32,34,37H,7-11,13,20,22-29H2,1-6H3,(H,40,42)/t30-,32?,34-,37?/m0/s1. The third-order valence-corrected chi connectivity index (χ3v) is 14.9. The quantitative estimate of drug-likeness (QED) is 0.0812. The number of esters is 1. The highest BCUT2D eigenvalue weighted by molar-refractivity contribution is 6.73. The molecule has 0 fully saturated rings. The van der Waals surface area contributed by atoms with Crippen LogP contribution in [-0.4, -0.2) is 46.2 Å². The molecule has 0 spiro atoms. The Balaban J connectivity index is 1.68.